The highest BCUT2D eigenvalue weighted by Crippen LogP contribution is 2.22. The highest BCUT2D eigenvalue weighted by atomic mass is 79.9. The van der Waals surface area contributed by atoms with Crippen LogP contribution in [0, 0.1) is 0 Å². The Morgan fingerprint density at radius 3 is 2.70 bits per heavy atom. The van der Waals surface area contributed by atoms with Crippen LogP contribution in [0.4, 0.5) is 5.69 Å². The number of anilines is 1. The van der Waals surface area contributed by atoms with Gasteiger partial charge >= 0.3 is 5.97 Å². The SMILES string of the molecule is CCOC(=O)C(CC(C)(C)OC)Nc1cccc(Br)c1. The fourth-order valence-electron chi connectivity index (χ4n) is 1.79. The Kier molecular flexibility index (Phi) is 6.49. The van der Waals surface area contributed by atoms with Crippen molar-refractivity contribution in [2.24, 2.45) is 0 Å². The average molecular weight is 344 g/mol. The molecule has 0 heterocycles. The number of nitrogens with one attached hydrogen (secondary N) is 1. The first kappa shape index (κ1) is 17.0. The Morgan fingerprint density at radius 1 is 1.45 bits per heavy atom. The Morgan fingerprint density at radius 2 is 2.15 bits per heavy atom. The Labute approximate surface area is 129 Å². The number of hydrogen-bond donors (Lipinski definition) is 1. The molecule has 0 saturated carbocycles. The number of methoxy groups -OCH3 is 1. The van der Waals surface area contributed by atoms with Crippen molar-refractivity contribution >= 4 is 27.6 Å². The first-order valence-electron chi connectivity index (χ1n) is 6.62. The molecule has 0 fully saturated rings. The molecule has 0 aromatic heterocycles. The second kappa shape index (κ2) is 7.64. The zero-order valence-electron chi connectivity index (χ0n) is 12.4. The molecule has 0 spiro atoms. The fraction of sp³-hybridized carbons (Fsp3) is 0.533. The van der Waals surface area contributed by atoms with Crippen molar-refractivity contribution in [2.45, 2.75) is 38.8 Å². The van der Waals surface area contributed by atoms with Gasteiger partial charge in [0.15, 0.2) is 0 Å². The first-order valence-corrected chi connectivity index (χ1v) is 7.41. The molecule has 0 aliphatic carbocycles. The maximum Gasteiger partial charge on any atom is 0.328 e. The summed E-state index contributed by atoms with van der Waals surface area (Å²) in [5.41, 5.74) is 0.459. The van der Waals surface area contributed by atoms with Gasteiger partial charge in [-0.05, 0) is 39.0 Å². The van der Waals surface area contributed by atoms with Crippen molar-refractivity contribution in [1.82, 2.24) is 0 Å². The van der Waals surface area contributed by atoms with Crippen LogP contribution in [0.5, 0.6) is 0 Å². The van der Waals surface area contributed by atoms with Gasteiger partial charge in [-0.15, -0.1) is 0 Å². The molecular weight excluding hydrogens is 322 g/mol. The van der Waals surface area contributed by atoms with Crippen LogP contribution in [0.25, 0.3) is 0 Å². The van der Waals surface area contributed by atoms with E-state index >= 15 is 0 Å². The van der Waals surface area contributed by atoms with Gasteiger partial charge < -0.3 is 14.8 Å². The molecule has 0 saturated heterocycles. The molecule has 1 N–H and O–H groups in total. The van der Waals surface area contributed by atoms with Gasteiger partial charge in [0.1, 0.15) is 6.04 Å². The smallest absolute Gasteiger partial charge is 0.328 e. The summed E-state index contributed by atoms with van der Waals surface area (Å²) in [4.78, 5) is 12.1. The van der Waals surface area contributed by atoms with Crippen molar-refractivity contribution in [3.8, 4) is 0 Å². The average Bonchev–Trinajstić information content (AvgIpc) is 2.38. The molecule has 5 heteroatoms. The normalized spacial score (nSPS) is 12.8. The van der Waals surface area contributed by atoms with Gasteiger partial charge in [0.05, 0.1) is 12.2 Å². The van der Waals surface area contributed by atoms with Crippen LogP contribution in [0.1, 0.15) is 27.2 Å². The lowest BCUT2D eigenvalue weighted by molar-refractivity contribution is -0.145. The van der Waals surface area contributed by atoms with Crippen molar-refractivity contribution in [3.05, 3.63) is 28.7 Å². The maximum absolute atomic E-state index is 12.1. The standard InChI is InChI=1S/C15H22BrNO3/c1-5-20-14(18)13(10-15(2,3)19-4)17-12-8-6-7-11(16)9-12/h6-9,13,17H,5,10H2,1-4H3. The van der Waals surface area contributed by atoms with Crippen molar-refractivity contribution in [3.63, 3.8) is 0 Å². The minimum absolute atomic E-state index is 0.266. The molecule has 1 aromatic carbocycles. The van der Waals surface area contributed by atoms with E-state index in [2.05, 4.69) is 21.2 Å². The van der Waals surface area contributed by atoms with Crippen molar-refractivity contribution in [2.75, 3.05) is 19.0 Å². The van der Waals surface area contributed by atoms with E-state index in [1.165, 1.54) is 0 Å². The topological polar surface area (TPSA) is 47.6 Å². The van der Waals surface area contributed by atoms with E-state index in [0.29, 0.717) is 13.0 Å². The molecule has 112 valence electrons. The van der Waals surface area contributed by atoms with Gasteiger partial charge in [-0.1, -0.05) is 22.0 Å². The minimum Gasteiger partial charge on any atom is -0.464 e. The van der Waals surface area contributed by atoms with Gasteiger partial charge in [-0.2, -0.15) is 0 Å². The van der Waals surface area contributed by atoms with E-state index in [9.17, 15) is 4.79 Å². The van der Waals surface area contributed by atoms with Crippen LogP contribution in [0.3, 0.4) is 0 Å². The summed E-state index contributed by atoms with van der Waals surface area (Å²) in [6, 6.07) is 7.24. The van der Waals surface area contributed by atoms with Gasteiger partial charge in [-0.3, -0.25) is 0 Å². The largest absolute Gasteiger partial charge is 0.464 e. The molecular formula is C15H22BrNO3. The van der Waals surface area contributed by atoms with Gasteiger partial charge in [0.25, 0.3) is 0 Å². The summed E-state index contributed by atoms with van der Waals surface area (Å²) < 4.78 is 11.5. The first-order chi connectivity index (χ1) is 9.38. The van der Waals surface area contributed by atoms with E-state index in [-0.39, 0.29) is 5.97 Å². The number of hydrogen-bond acceptors (Lipinski definition) is 4. The Hall–Kier alpha value is -1.07. The molecule has 1 rings (SSSR count). The number of rotatable bonds is 7. The zero-order valence-corrected chi connectivity index (χ0v) is 14.0. The van der Waals surface area contributed by atoms with E-state index < -0.39 is 11.6 Å². The van der Waals surface area contributed by atoms with E-state index in [1.54, 1.807) is 14.0 Å². The Bertz CT molecular complexity index is 448. The number of ether oxygens (including phenoxy) is 2. The third-order valence-corrected chi connectivity index (χ3v) is 3.48. The number of carbonyl (C=O) groups is 1. The summed E-state index contributed by atoms with van der Waals surface area (Å²) in [7, 11) is 1.64. The monoisotopic (exact) mass is 343 g/mol. The highest BCUT2D eigenvalue weighted by molar-refractivity contribution is 9.10. The van der Waals surface area contributed by atoms with Crippen LogP contribution < -0.4 is 5.32 Å². The molecule has 0 radical (unpaired) electrons. The lowest BCUT2D eigenvalue weighted by Crippen LogP contribution is -2.39. The predicted molar refractivity (Wildman–Crippen MR) is 83.9 cm³/mol. The van der Waals surface area contributed by atoms with Crippen LogP contribution >= 0.6 is 15.9 Å². The third kappa shape index (κ3) is 5.51. The maximum atomic E-state index is 12.1. The van der Waals surface area contributed by atoms with Crippen molar-refractivity contribution < 1.29 is 14.3 Å². The minimum atomic E-state index is -0.445. The zero-order chi connectivity index (χ0) is 15.2. The van der Waals surface area contributed by atoms with Crippen LogP contribution in [-0.4, -0.2) is 31.3 Å². The van der Waals surface area contributed by atoms with Crippen molar-refractivity contribution in [1.29, 1.82) is 0 Å². The van der Waals surface area contributed by atoms with Crippen LogP contribution in [0.2, 0.25) is 0 Å². The lowest BCUT2D eigenvalue weighted by Gasteiger charge is -2.28. The van der Waals surface area contributed by atoms with E-state index in [4.69, 9.17) is 9.47 Å². The molecule has 0 bridgehead atoms. The summed E-state index contributed by atoms with van der Waals surface area (Å²) in [6.45, 7) is 6.06. The molecule has 0 aliphatic rings. The fourth-order valence-corrected chi connectivity index (χ4v) is 2.19. The van der Waals surface area contributed by atoms with Gasteiger partial charge in [0.2, 0.25) is 0 Å². The van der Waals surface area contributed by atoms with Gasteiger partial charge in [0, 0.05) is 23.7 Å². The third-order valence-electron chi connectivity index (χ3n) is 2.98. The van der Waals surface area contributed by atoms with E-state index in [0.717, 1.165) is 10.2 Å². The second-order valence-corrected chi connectivity index (χ2v) is 6.04. The number of esters is 1. The Balaban J connectivity index is 2.84. The van der Waals surface area contributed by atoms with Crippen LogP contribution in [-0.2, 0) is 14.3 Å². The van der Waals surface area contributed by atoms with E-state index in [1.807, 2.05) is 38.1 Å². The summed E-state index contributed by atoms with van der Waals surface area (Å²) in [5, 5.41) is 3.21. The lowest BCUT2D eigenvalue weighted by atomic mass is 9.98. The number of carbonyl (C=O) groups excluding carboxylic acids is 1. The second-order valence-electron chi connectivity index (χ2n) is 5.13. The number of benzene rings is 1. The molecule has 20 heavy (non-hydrogen) atoms. The molecule has 4 nitrogen and oxygen atoms in total. The quantitative estimate of drug-likeness (QED) is 0.768. The summed E-state index contributed by atoms with van der Waals surface area (Å²) in [5.74, 6) is -0.266. The summed E-state index contributed by atoms with van der Waals surface area (Å²) in [6.07, 6.45) is 0.523. The van der Waals surface area contributed by atoms with Gasteiger partial charge in [-0.25, -0.2) is 4.79 Å². The molecule has 0 aliphatic heterocycles. The molecule has 1 atom stereocenters. The molecule has 1 aromatic rings. The molecule has 0 amide bonds. The highest BCUT2D eigenvalue weighted by Gasteiger charge is 2.28. The predicted octanol–water partition coefficient (Wildman–Crippen LogP) is 3.61. The summed E-state index contributed by atoms with van der Waals surface area (Å²) >= 11 is 3.41. The molecule has 1 unspecified atom stereocenters. The number of halogens is 1. The van der Waals surface area contributed by atoms with Crippen LogP contribution in [0.15, 0.2) is 28.7 Å².